The summed E-state index contributed by atoms with van der Waals surface area (Å²) >= 11 is 0. The normalized spacial score (nSPS) is 11.2. The van der Waals surface area contributed by atoms with Gasteiger partial charge in [0.2, 0.25) is 0 Å². The molecule has 3 aromatic carbocycles. The van der Waals surface area contributed by atoms with Gasteiger partial charge in [0.25, 0.3) is 11.8 Å². The SMILES string of the molecule is COc1ccc(CCNC(=O)/C(=C/c2cn(C)c3ccccc23)NC(=O)c2ccc(OC)c(OC)c2)cc1OC. The smallest absolute Gasteiger partial charge is 0.267 e. The van der Waals surface area contributed by atoms with E-state index in [0.29, 0.717) is 41.5 Å². The first-order valence-corrected chi connectivity index (χ1v) is 12.7. The molecular formula is C31H33N3O6. The minimum Gasteiger partial charge on any atom is -0.493 e. The molecule has 4 aromatic rings. The monoisotopic (exact) mass is 543 g/mol. The van der Waals surface area contributed by atoms with Crippen LogP contribution in [0.1, 0.15) is 21.5 Å². The van der Waals surface area contributed by atoms with E-state index in [-0.39, 0.29) is 5.70 Å². The molecule has 0 unspecified atom stereocenters. The number of carbonyl (C=O) groups excluding carboxylic acids is 2. The van der Waals surface area contributed by atoms with E-state index in [0.717, 1.165) is 22.0 Å². The molecule has 0 saturated heterocycles. The second-order valence-electron chi connectivity index (χ2n) is 8.99. The minimum absolute atomic E-state index is 0.114. The van der Waals surface area contributed by atoms with E-state index in [2.05, 4.69) is 10.6 Å². The van der Waals surface area contributed by atoms with E-state index in [1.807, 2.05) is 60.3 Å². The van der Waals surface area contributed by atoms with Gasteiger partial charge in [-0.25, -0.2) is 0 Å². The number of hydrogen-bond donors (Lipinski definition) is 2. The highest BCUT2D eigenvalue weighted by atomic mass is 16.5. The molecule has 0 fully saturated rings. The maximum atomic E-state index is 13.4. The van der Waals surface area contributed by atoms with Crippen LogP contribution in [0.2, 0.25) is 0 Å². The van der Waals surface area contributed by atoms with Crippen molar-refractivity contribution in [1.82, 2.24) is 15.2 Å². The Hall–Kier alpha value is -4.92. The first-order chi connectivity index (χ1) is 19.4. The molecule has 0 aliphatic rings. The maximum absolute atomic E-state index is 13.4. The number of nitrogens with one attached hydrogen (secondary N) is 2. The summed E-state index contributed by atoms with van der Waals surface area (Å²) in [6.45, 7) is 0.341. The second-order valence-corrected chi connectivity index (χ2v) is 8.99. The van der Waals surface area contributed by atoms with Crippen LogP contribution >= 0.6 is 0 Å². The standard InChI is InChI=1S/C31H33N3O6/c1-34-19-22(23-8-6-7-9-25(23)34)17-24(33-30(35)21-11-13-27(38-3)29(18-21)40-5)31(36)32-15-14-20-10-12-26(37-2)28(16-20)39-4/h6-13,16-19H,14-15H2,1-5H3,(H,32,36)(H,33,35)/b24-17-. The number of aryl methyl sites for hydroxylation is 1. The largest absolute Gasteiger partial charge is 0.493 e. The average molecular weight is 544 g/mol. The van der Waals surface area contributed by atoms with Crippen LogP contribution in [0.15, 0.2) is 72.6 Å². The topological polar surface area (TPSA) is 100 Å². The van der Waals surface area contributed by atoms with Crippen molar-refractivity contribution < 1.29 is 28.5 Å². The van der Waals surface area contributed by atoms with E-state index < -0.39 is 11.8 Å². The number of amides is 2. The lowest BCUT2D eigenvalue weighted by Crippen LogP contribution is -2.35. The Kier molecular flexibility index (Phi) is 8.96. The Labute approximate surface area is 233 Å². The molecule has 0 radical (unpaired) electrons. The van der Waals surface area contributed by atoms with Gasteiger partial charge in [0.1, 0.15) is 5.70 Å². The molecule has 0 aliphatic carbocycles. The van der Waals surface area contributed by atoms with Crippen molar-refractivity contribution >= 4 is 28.8 Å². The van der Waals surface area contributed by atoms with Crippen LogP contribution < -0.4 is 29.6 Å². The third-order valence-electron chi connectivity index (χ3n) is 6.51. The van der Waals surface area contributed by atoms with E-state index in [1.165, 1.54) is 14.2 Å². The Morgan fingerprint density at radius 3 is 2.17 bits per heavy atom. The predicted octanol–water partition coefficient (Wildman–Crippen LogP) is 4.34. The van der Waals surface area contributed by atoms with Crippen LogP contribution in [0.25, 0.3) is 17.0 Å². The third-order valence-corrected chi connectivity index (χ3v) is 6.51. The molecule has 9 nitrogen and oxygen atoms in total. The average Bonchev–Trinajstić information content (AvgIpc) is 3.30. The highest BCUT2D eigenvalue weighted by Gasteiger charge is 2.18. The summed E-state index contributed by atoms with van der Waals surface area (Å²) in [5.74, 6) is 1.29. The summed E-state index contributed by atoms with van der Waals surface area (Å²) in [6, 6.07) is 18.3. The maximum Gasteiger partial charge on any atom is 0.267 e. The summed E-state index contributed by atoms with van der Waals surface area (Å²) in [6.07, 6.45) is 4.16. The molecule has 1 aromatic heterocycles. The minimum atomic E-state index is -0.456. The van der Waals surface area contributed by atoms with Crippen molar-refractivity contribution in [3.63, 3.8) is 0 Å². The van der Waals surface area contributed by atoms with Crippen molar-refractivity contribution in [2.75, 3.05) is 35.0 Å². The highest BCUT2D eigenvalue weighted by Crippen LogP contribution is 2.29. The summed E-state index contributed by atoms with van der Waals surface area (Å²) in [5, 5.41) is 6.68. The quantitative estimate of drug-likeness (QED) is 0.273. The molecule has 0 aliphatic heterocycles. The van der Waals surface area contributed by atoms with Crippen molar-refractivity contribution in [1.29, 1.82) is 0 Å². The number of carbonyl (C=O) groups is 2. The number of hydrogen-bond acceptors (Lipinski definition) is 6. The van der Waals surface area contributed by atoms with Gasteiger partial charge in [0.15, 0.2) is 23.0 Å². The van der Waals surface area contributed by atoms with Crippen molar-refractivity contribution in [3.05, 3.63) is 89.2 Å². The molecule has 40 heavy (non-hydrogen) atoms. The van der Waals surface area contributed by atoms with Crippen LogP contribution in [-0.4, -0.2) is 51.4 Å². The summed E-state index contributed by atoms with van der Waals surface area (Å²) in [5.41, 5.74) is 3.21. The zero-order chi connectivity index (χ0) is 28.6. The van der Waals surface area contributed by atoms with E-state index in [4.69, 9.17) is 18.9 Å². The number of fused-ring (bicyclic) bond motifs is 1. The summed E-state index contributed by atoms with van der Waals surface area (Å²) in [7, 11) is 8.11. The molecule has 0 bridgehead atoms. The van der Waals surface area contributed by atoms with Crippen LogP contribution in [-0.2, 0) is 18.3 Å². The van der Waals surface area contributed by atoms with Gasteiger partial charge in [-0.1, -0.05) is 24.3 Å². The zero-order valence-electron chi connectivity index (χ0n) is 23.2. The fourth-order valence-corrected chi connectivity index (χ4v) is 4.43. The lowest BCUT2D eigenvalue weighted by molar-refractivity contribution is -0.117. The van der Waals surface area contributed by atoms with Crippen LogP contribution in [0, 0.1) is 0 Å². The summed E-state index contributed by atoms with van der Waals surface area (Å²) in [4.78, 5) is 26.7. The Balaban J connectivity index is 1.59. The van der Waals surface area contributed by atoms with Gasteiger partial charge < -0.3 is 34.1 Å². The molecular weight excluding hydrogens is 510 g/mol. The molecule has 208 valence electrons. The van der Waals surface area contributed by atoms with E-state index >= 15 is 0 Å². The number of benzene rings is 3. The number of methoxy groups -OCH3 is 4. The lowest BCUT2D eigenvalue weighted by atomic mass is 10.1. The Morgan fingerprint density at radius 1 is 0.825 bits per heavy atom. The van der Waals surface area contributed by atoms with E-state index in [1.54, 1.807) is 38.5 Å². The van der Waals surface area contributed by atoms with Gasteiger partial charge >= 0.3 is 0 Å². The van der Waals surface area contributed by atoms with Crippen LogP contribution in [0.4, 0.5) is 0 Å². The first-order valence-electron chi connectivity index (χ1n) is 12.7. The molecule has 2 N–H and O–H groups in total. The number of aromatic nitrogens is 1. The molecule has 0 spiro atoms. The summed E-state index contributed by atoms with van der Waals surface area (Å²) < 4.78 is 23.3. The predicted molar refractivity (Wildman–Crippen MR) is 154 cm³/mol. The Bertz CT molecular complexity index is 1560. The number of para-hydroxylation sites is 1. The number of rotatable bonds is 11. The third kappa shape index (κ3) is 6.20. The van der Waals surface area contributed by atoms with Crippen LogP contribution in [0.5, 0.6) is 23.0 Å². The number of ether oxygens (including phenoxy) is 4. The van der Waals surface area contributed by atoms with Gasteiger partial charge in [0, 0.05) is 41.8 Å². The van der Waals surface area contributed by atoms with Gasteiger partial charge in [0.05, 0.1) is 28.4 Å². The van der Waals surface area contributed by atoms with Gasteiger partial charge in [-0.05, 0) is 54.5 Å². The lowest BCUT2D eigenvalue weighted by Gasteiger charge is -2.13. The fourth-order valence-electron chi connectivity index (χ4n) is 4.43. The zero-order valence-corrected chi connectivity index (χ0v) is 23.2. The van der Waals surface area contributed by atoms with Gasteiger partial charge in [-0.15, -0.1) is 0 Å². The van der Waals surface area contributed by atoms with Gasteiger partial charge in [-0.2, -0.15) is 0 Å². The fraction of sp³-hybridized carbons (Fsp3) is 0.226. The molecule has 0 atom stereocenters. The Morgan fingerprint density at radius 2 is 1.48 bits per heavy atom. The first kappa shape index (κ1) is 28.1. The second kappa shape index (κ2) is 12.8. The van der Waals surface area contributed by atoms with Gasteiger partial charge in [-0.3, -0.25) is 9.59 Å². The van der Waals surface area contributed by atoms with Crippen LogP contribution in [0.3, 0.4) is 0 Å². The van der Waals surface area contributed by atoms with E-state index in [9.17, 15) is 9.59 Å². The highest BCUT2D eigenvalue weighted by molar-refractivity contribution is 6.06. The molecule has 2 amide bonds. The van der Waals surface area contributed by atoms with Crippen molar-refractivity contribution in [3.8, 4) is 23.0 Å². The molecule has 9 heteroatoms. The van der Waals surface area contributed by atoms with Crippen molar-refractivity contribution in [2.24, 2.45) is 7.05 Å². The number of nitrogens with zero attached hydrogens (tertiary/aromatic N) is 1. The molecule has 4 rings (SSSR count). The van der Waals surface area contributed by atoms with Crippen molar-refractivity contribution in [2.45, 2.75) is 6.42 Å². The molecule has 0 saturated carbocycles. The molecule has 1 heterocycles.